The summed E-state index contributed by atoms with van der Waals surface area (Å²) in [5, 5.41) is 0. The lowest BCUT2D eigenvalue weighted by Crippen LogP contribution is -2.27. The molecule has 0 N–H and O–H groups in total. The molecule has 2 heterocycles. The van der Waals surface area contributed by atoms with Crippen LogP contribution in [0.2, 0.25) is 0 Å². The zero-order valence-electron chi connectivity index (χ0n) is 12.7. The Morgan fingerprint density at radius 3 is 2.29 bits per heavy atom. The predicted molar refractivity (Wildman–Crippen MR) is 85.0 cm³/mol. The van der Waals surface area contributed by atoms with Crippen LogP contribution in [0.25, 0.3) is 11.3 Å². The SMILES string of the molecule is C=CCN(CC=C)c1ccc(-c2cncc(F)c2)nc1C(F)(F)F. The van der Waals surface area contributed by atoms with Crippen molar-refractivity contribution in [3.05, 3.63) is 67.4 Å². The summed E-state index contributed by atoms with van der Waals surface area (Å²) in [5.41, 5.74) is -0.968. The molecule has 2 aromatic heterocycles. The fourth-order valence-corrected chi connectivity index (χ4v) is 2.21. The molecule has 24 heavy (non-hydrogen) atoms. The molecule has 126 valence electrons. The van der Waals surface area contributed by atoms with Crippen LogP contribution in [0.3, 0.4) is 0 Å². The highest BCUT2D eigenvalue weighted by atomic mass is 19.4. The van der Waals surface area contributed by atoms with Gasteiger partial charge in [0.25, 0.3) is 0 Å². The van der Waals surface area contributed by atoms with E-state index in [0.717, 1.165) is 12.3 Å². The number of halogens is 4. The van der Waals surface area contributed by atoms with Crippen molar-refractivity contribution in [1.29, 1.82) is 0 Å². The summed E-state index contributed by atoms with van der Waals surface area (Å²) in [6.45, 7) is 7.51. The minimum Gasteiger partial charge on any atom is -0.362 e. The number of anilines is 1. The maximum Gasteiger partial charge on any atom is 0.435 e. The van der Waals surface area contributed by atoms with Gasteiger partial charge < -0.3 is 4.90 Å². The number of pyridine rings is 2. The molecule has 0 atom stereocenters. The summed E-state index contributed by atoms with van der Waals surface area (Å²) >= 11 is 0. The maximum atomic E-state index is 13.4. The van der Waals surface area contributed by atoms with E-state index in [2.05, 4.69) is 23.1 Å². The van der Waals surface area contributed by atoms with Gasteiger partial charge in [-0.05, 0) is 18.2 Å². The van der Waals surface area contributed by atoms with E-state index in [1.54, 1.807) is 0 Å². The molecule has 0 saturated carbocycles. The Bertz CT molecular complexity index is 731. The fourth-order valence-electron chi connectivity index (χ4n) is 2.21. The third-order valence-corrected chi connectivity index (χ3v) is 3.18. The smallest absolute Gasteiger partial charge is 0.362 e. The van der Waals surface area contributed by atoms with E-state index >= 15 is 0 Å². The second kappa shape index (κ2) is 7.25. The van der Waals surface area contributed by atoms with Crippen molar-refractivity contribution < 1.29 is 17.6 Å². The molecule has 0 aromatic carbocycles. The first kappa shape index (κ1) is 17.7. The van der Waals surface area contributed by atoms with Crippen LogP contribution < -0.4 is 4.90 Å². The van der Waals surface area contributed by atoms with E-state index < -0.39 is 17.7 Å². The van der Waals surface area contributed by atoms with Crippen molar-refractivity contribution in [3.63, 3.8) is 0 Å². The minimum absolute atomic E-state index is 0.00442. The van der Waals surface area contributed by atoms with Crippen LogP contribution in [0.5, 0.6) is 0 Å². The summed E-state index contributed by atoms with van der Waals surface area (Å²) < 4.78 is 53.6. The van der Waals surface area contributed by atoms with Crippen LogP contribution in [0, 0.1) is 5.82 Å². The topological polar surface area (TPSA) is 29.0 Å². The first-order chi connectivity index (χ1) is 11.4. The normalized spacial score (nSPS) is 11.2. The van der Waals surface area contributed by atoms with Gasteiger partial charge in [0.15, 0.2) is 5.69 Å². The third kappa shape index (κ3) is 3.98. The van der Waals surface area contributed by atoms with Crippen LogP contribution in [0.4, 0.5) is 23.2 Å². The van der Waals surface area contributed by atoms with Crippen LogP contribution in [-0.4, -0.2) is 23.1 Å². The number of nitrogens with zero attached hydrogens (tertiary/aromatic N) is 3. The van der Waals surface area contributed by atoms with Gasteiger partial charge in [-0.2, -0.15) is 13.2 Å². The zero-order chi connectivity index (χ0) is 17.7. The molecule has 0 bridgehead atoms. The van der Waals surface area contributed by atoms with Gasteiger partial charge >= 0.3 is 6.18 Å². The van der Waals surface area contributed by atoms with E-state index in [1.807, 2.05) is 0 Å². The number of hydrogen-bond acceptors (Lipinski definition) is 3. The Morgan fingerprint density at radius 2 is 1.75 bits per heavy atom. The van der Waals surface area contributed by atoms with Gasteiger partial charge in [0.2, 0.25) is 0 Å². The maximum absolute atomic E-state index is 13.4. The first-order valence-corrected chi connectivity index (χ1v) is 7.02. The molecule has 0 fully saturated rings. The van der Waals surface area contributed by atoms with E-state index in [0.29, 0.717) is 0 Å². The Balaban J connectivity index is 2.57. The number of alkyl halides is 3. The highest BCUT2D eigenvalue weighted by Crippen LogP contribution is 2.36. The lowest BCUT2D eigenvalue weighted by Gasteiger charge is -2.25. The summed E-state index contributed by atoms with van der Waals surface area (Å²) in [6, 6.07) is 3.80. The average molecular weight is 337 g/mol. The second-order valence-electron chi connectivity index (χ2n) is 4.94. The Labute approximate surface area is 137 Å². The van der Waals surface area contributed by atoms with Gasteiger partial charge in [0.05, 0.1) is 17.6 Å². The summed E-state index contributed by atoms with van der Waals surface area (Å²) in [5.74, 6) is -0.646. The fraction of sp³-hybridized carbons (Fsp3) is 0.176. The van der Waals surface area contributed by atoms with Gasteiger partial charge in [-0.15, -0.1) is 13.2 Å². The molecule has 2 rings (SSSR count). The molecule has 0 spiro atoms. The number of hydrogen-bond donors (Lipinski definition) is 0. The molecule has 2 aromatic rings. The number of rotatable bonds is 6. The van der Waals surface area contributed by atoms with E-state index in [9.17, 15) is 17.6 Å². The van der Waals surface area contributed by atoms with Crippen molar-refractivity contribution >= 4 is 5.69 Å². The minimum atomic E-state index is -4.66. The molecular weight excluding hydrogens is 322 g/mol. The van der Waals surface area contributed by atoms with Gasteiger partial charge in [-0.3, -0.25) is 4.98 Å². The highest BCUT2D eigenvalue weighted by molar-refractivity contribution is 5.63. The highest BCUT2D eigenvalue weighted by Gasteiger charge is 2.37. The largest absolute Gasteiger partial charge is 0.435 e. The quantitative estimate of drug-likeness (QED) is 0.575. The molecule has 0 amide bonds. The number of aromatic nitrogens is 2. The predicted octanol–water partition coefficient (Wildman–Crippen LogP) is 4.48. The van der Waals surface area contributed by atoms with Crippen LogP contribution in [0.15, 0.2) is 55.9 Å². The zero-order valence-corrected chi connectivity index (χ0v) is 12.7. The Kier molecular flexibility index (Phi) is 5.33. The molecule has 0 saturated heterocycles. The van der Waals surface area contributed by atoms with Crippen LogP contribution in [0.1, 0.15) is 5.69 Å². The second-order valence-corrected chi connectivity index (χ2v) is 4.94. The lowest BCUT2D eigenvalue weighted by atomic mass is 10.1. The third-order valence-electron chi connectivity index (χ3n) is 3.18. The van der Waals surface area contributed by atoms with Gasteiger partial charge in [0.1, 0.15) is 5.82 Å². The molecule has 0 unspecified atom stereocenters. The molecule has 0 radical (unpaired) electrons. The first-order valence-electron chi connectivity index (χ1n) is 7.02. The van der Waals surface area contributed by atoms with Crippen molar-refractivity contribution in [2.45, 2.75) is 6.18 Å². The molecule has 3 nitrogen and oxygen atoms in total. The average Bonchev–Trinajstić information content (AvgIpc) is 2.53. The van der Waals surface area contributed by atoms with Crippen molar-refractivity contribution in [2.24, 2.45) is 0 Å². The summed E-state index contributed by atoms with van der Waals surface area (Å²) in [7, 11) is 0. The van der Waals surface area contributed by atoms with Gasteiger partial charge in [0, 0.05) is 24.8 Å². The Hall–Kier alpha value is -2.70. The van der Waals surface area contributed by atoms with Crippen molar-refractivity contribution in [2.75, 3.05) is 18.0 Å². The van der Waals surface area contributed by atoms with Gasteiger partial charge in [-0.25, -0.2) is 9.37 Å². The molecule has 0 aliphatic heterocycles. The lowest BCUT2D eigenvalue weighted by molar-refractivity contribution is -0.140. The summed E-state index contributed by atoms with van der Waals surface area (Å²) in [6.07, 6.45) is 0.559. The molecule has 0 aliphatic carbocycles. The standard InChI is InChI=1S/C17H15F4N3/c1-3-7-24(8-4-2)15-6-5-14(23-16(15)17(19,20)21)12-9-13(18)11-22-10-12/h3-6,9-11H,1-2,7-8H2. The molecule has 0 aliphatic rings. The van der Waals surface area contributed by atoms with E-state index in [4.69, 9.17) is 0 Å². The summed E-state index contributed by atoms with van der Waals surface area (Å²) in [4.78, 5) is 8.78. The monoisotopic (exact) mass is 337 g/mol. The van der Waals surface area contributed by atoms with Crippen LogP contribution in [-0.2, 0) is 6.18 Å². The van der Waals surface area contributed by atoms with Gasteiger partial charge in [-0.1, -0.05) is 12.2 Å². The molecular formula is C17H15F4N3. The Morgan fingerprint density at radius 1 is 1.08 bits per heavy atom. The van der Waals surface area contributed by atoms with Crippen molar-refractivity contribution in [1.82, 2.24) is 9.97 Å². The van der Waals surface area contributed by atoms with E-state index in [-0.39, 0.29) is 30.0 Å². The van der Waals surface area contributed by atoms with Crippen LogP contribution >= 0.6 is 0 Å². The van der Waals surface area contributed by atoms with E-state index in [1.165, 1.54) is 35.4 Å². The molecule has 7 heteroatoms. The van der Waals surface area contributed by atoms with Crippen molar-refractivity contribution in [3.8, 4) is 11.3 Å².